The topological polar surface area (TPSA) is 72.9 Å². The minimum Gasteiger partial charge on any atom is -0.493 e. The number of carbonyl (C=O) groups excluding carboxylic acids is 1. The quantitative estimate of drug-likeness (QED) is 0.663. The lowest BCUT2D eigenvalue weighted by Gasteiger charge is -2.35. The molecule has 0 unspecified atom stereocenters. The van der Waals surface area contributed by atoms with Crippen molar-refractivity contribution >= 4 is 17.2 Å². The van der Waals surface area contributed by atoms with Crippen molar-refractivity contribution in [2.24, 2.45) is 0 Å². The first kappa shape index (κ1) is 21.5. The van der Waals surface area contributed by atoms with E-state index in [0.717, 1.165) is 36.6 Å². The lowest BCUT2D eigenvalue weighted by atomic mass is 10.2. The van der Waals surface area contributed by atoms with Crippen LogP contribution in [0.15, 0.2) is 23.6 Å². The van der Waals surface area contributed by atoms with Crippen LogP contribution in [0.4, 0.5) is 0 Å². The van der Waals surface area contributed by atoms with E-state index in [4.69, 9.17) is 14.2 Å². The third kappa shape index (κ3) is 5.68. The maximum absolute atomic E-state index is 12.4. The van der Waals surface area contributed by atoms with Gasteiger partial charge in [-0.15, -0.1) is 11.3 Å². The van der Waals surface area contributed by atoms with Gasteiger partial charge in [-0.1, -0.05) is 0 Å². The van der Waals surface area contributed by atoms with Gasteiger partial charge in [0.2, 0.25) is 0 Å². The van der Waals surface area contributed by atoms with Crippen LogP contribution in [0.25, 0.3) is 10.6 Å². The number of methoxy groups -OCH3 is 2. The number of morpholine rings is 1. The second kappa shape index (κ2) is 10.0. The van der Waals surface area contributed by atoms with Crippen molar-refractivity contribution in [3.8, 4) is 22.1 Å². The molecule has 2 aromatic rings. The van der Waals surface area contributed by atoms with E-state index in [1.54, 1.807) is 19.6 Å². The van der Waals surface area contributed by atoms with Gasteiger partial charge in [0.25, 0.3) is 5.91 Å². The molecule has 0 aliphatic carbocycles. The van der Waals surface area contributed by atoms with E-state index in [9.17, 15) is 4.79 Å². The van der Waals surface area contributed by atoms with E-state index in [-0.39, 0.29) is 18.1 Å². The van der Waals surface area contributed by atoms with Crippen LogP contribution in [0, 0.1) is 0 Å². The molecule has 1 saturated heterocycles. The van der Waals surface area contributed by atoms with Crippen LogP contribution in [0.2, 0.25) is 0 Å². The zero-order valence-electron chi connectivity index (χ0n) is 17.4. The number of nitrogens with zero attached hydrogens (tertiary/aromatic N) is 2. The molecule has 1 N–H and O–H groups in total. The molecule has 7 nitrogen and oxygen atoms in total. The highest BCUT2D eigenvalue weighted by Crippen LogP contribution is 2.33. The van der Waals surface area contributed by atoms with Crippen molar-refractivity contribution < 1.29 is 19.0 Å². The number of nitrogens with one attached hydrogen (secondary N) is 1. The number of aromatic nitrogens is 1. The Morgan fingerprint density at radius 1 is 1.24 bits per heavy atom. The second-order valence-corrected chi connectivity index (χ2v) is 8.09. The highest BCUT2D eigenvalue weighted by Gasteiger charge is 2.21. The molecular formula is C21H29N3O4S. The zero-order valence-corrected chi connectivity index (χ0v) is 18.3. The summed E-state index contributed by atoms with van der Waals surface area (Å²) in [6, 6.07) is 5.61. The molecule has 0 spiro atoms. The van der Waals surface area contributed by atoms with Gasteiger partial charge in [-0.25, -0.2) is 4.98 Å². The lowest BCUT2D eigenvalue weighted by molar-refractivity contribution is -0.0679. The van der Waals surface area contributed by atoms with Gasteiger partial charge < -0.3 is 19.5 Å². The van der Waals surface area contributed by atoms with E-state index < -0.39 is 0 Å². The Bertz CT molecular complexity index is 816. The zero-order chi connectivity index (χ0) is 20.8. The first-order chi connectivity index (χ1) is 14.0. The molecule has 1 aliphatic heterocycles. The van der Waals surface area contributed by atoms with Gasteiger partial charge in [-0.05, 0) is 38.5 Å². The number of ether oxygens (including phenoxy) is 3. The molecule has 0 bridgehead atoms. The molecule has 29 heavy (non-hydrogen) atoms. The van der Waals surface area contributed by atoms with E-state index >= 15 is 0 Å². The first-order valence-corrected chi connectivity index (χ1v) is 10.7. The van der Waals surface area contributed by atoms with Crippen LogP contribution in [0.3, 0.4) is 0 Å². The average molecular weight is 420 g/mol. The molecule has 0 saturated carbocycles. The predicted octanol–water partition coefficient (Wildman–Crippen LogP) is 3.06. The van der Waals surface area contributed by atoms with Crippen molar-refractivity contribution in [1.82, 2.24) is 15.2 Å². The van der Waals surface area contributed by atoms with Crippen molar-refractivity contribution in [1.29, 1.82) is 0 Å². The Labute approximate surface area is 176 Å². The number of amides is 1. The number of rotatable bonds is 8. The van der Waals surface area contributed by atoms with Crippen LogP contribution in [-0.2, 0) is 4.74 Å². The molecule has 1 aromatic heterocycles. The highest BCUT2D eigenvalue weighted by atomic mass is 32.1. The third-order valence-corrected chi connectivity index (χ3v) is 5.69. The van der Waals surface area contributed by atoms with Crippen LogP contribution in [0.1, 0.15) is 30.8 Å². The number of thiazole rings is 1. The van der Waals surface area contributed by atoms with Crippen molar-refractivity contribution in [3.63, 3.8) is 0 Å². The molecule has 1 aliphatic rings. The Balaban J connectivity index is 1.50. The molecule has 3 rings (SSSR count). The van der Waals surface area contributed by atoms with Gasteiger partial charge in [0.1, 0.15) is 10.7 Å². The average Bonchev–Trinajstić information content (AvgIpc) is 3.20. The second-order valence-electron chi connectivity index (χ2n) is 7.23. The van der Waals surface area contributed by atoms with E-state index in [0.29, 0.717) is 23.7 Å². The summed E-state index contributed by atoms with van der Waals surface area (Å²) in [6.07, 6.45) is 1.43. The number of hydrogen-bond donors (Lipinski definition) is 1. The van der Waals surface area contributed by atoms with Crippen LogP contribution in [0.5, 0.6) is 11.5 Å². The predicted molar refractivity (Wildman–Crippen MR) is 114 cm³/mol. The Morgan fingerprint density at radius 3 is 2.66 bits per heavy atom. The molecule has 1 aromatic carbocycles. The molecule has 8 heteroatoms. The standard InChI is InChI=1S/C21H29N3O4S/c1-14-11-24(12-15(2)28-14)9-5-8-22-20(25)17-13-29-21(23-17)16-6-7-18(26-3)19(10-16)27-4/h6-7,10,13-15H,5,8-9,11-12H2,1-4H3,(H,22,25)/t14-,15-/m0/s1. The number of hydrogen-bond acceptors (Lipinski definition) is 7. The summed E-state index contributed by atoms with van der Waals surface area (Å²) in [5, 5.41) is 5.52. The normalized spacial score (nSPS) is 19.7. The fourth-order valence-corrected chi connectivity index (χ4v) is 4.34. The maximum Gasteiger partial charge on any atom is 0.270 e. The summed E-state index contributed by atoms with van der Waals surface area (Å²) < 4.78 is 16.4. The molecule has 0 radical (unpaired) electrons. The van der Waals surface area contributed by atoms with E-state index in [1.807, 2.05) is 18.2 Å². The summed E-state index contributed by atoms with van der Waals surface area (Å²) >= 11 is 1.44. The number of carbonyl (C=O) groups is 1. The largest absolute Gasteiger partial charge is 0.493 e. The minimum atomic E-state index is -0.142. The van der Waals surface area contributed by atoms with Gasteiger partial charge in [-0.3, -0.25) is 9.69 Å². The molecular weight excluding hydrogens is 390 g/mol. The van der Waals surface area contributed by atoms with Crippen molar-refractivity contribution in [2.75, 3.05) is 40.4 Å². The van der Waals surface area contributed by atoms with Gasteiger partial charge in [-0.2, -0.15) is 0 Å². The Hall–Kier alpha value is -2.16. The number of benzene rings is 1. The van der Waals surface area contributed by atoms with Crippen LogP contribution in [-0.4, -0.2) is 68.4 Å². The monoisotopic (exact) mass is 419 g/mol. The summed E-state index contributed by atoms with van der Waals surface area (Å²) in [7, 11) is 3.20. The molecule has 158 valence electrons. The highest BCUT2D eigenvalue weighted by molar-refractivity contribution is 7.13. The van der Waals surface area contributed by atoms with Crippen molar-refractivity contribution in [2.45, 2.75) is 32.5 Å². The Morgan fingerprint density at radius 2 is 1.97 bits per heavy atom. The SMILES string of the molecule is COc1ccc(-c2nc(C(=O)NCCCN3C[C@H](C)O[C@@H](C)C3)cs2)cc1OC. The summed E-state index contributed by atoms with van der Waals surface area (Å²) in [6.45, 7) is 7.66. The fourth-order valence-electron chi connectivity index (χ4n) is 3.54. The fraction of sp³-hybridized carbons (Fsp3) is 0.524. The smallest absolute Gasteiger partial charge is 0.270 e. The minimum absolute atomic E-state index is 0.142. The van der Waals surface area contributed by atoms with E-state index in [2.05, 4.69) is 29.0 Å². The third-order valence-electron chi connectivity index (χ3n) is 4.80. The summed E-state index contributed by atoms with van der Waals surface area (Å²) in [4.78, 5) is 19.3. The van der Waals surface area contributed by atoms with E-state index in [1.165, 1.54) is 11.3 Å². The van der Waals surface area contributed by atoms with Gasteiger partial charge in [0.15, 0.2) is 11.5 Å². The van der Waals surface area contributed by atoms with Crippen LogP contribution < -0.4 is 14.8 Å². The maximum atomic E-state index is 12.4. The summed E-state index contributed by atoms with van der Waals surface area (Å²) in [5.41, 5.74) is 1.33. The molecule has 2 heterocycles. The lowest BCUT2D eigenvalue weighted by Crippen LogP contribution is -2.46. The van der Waals surface area contributed by atoms with Gasteiger partial charge in [0.05, 0.1) is 26.4 Å². The van der Waals surface area contributed by atoms with Crippen LogP contribution >= 0.6 is 11.3 Å². The van der Waals surface area contributed by atoms with Gasteiger partial charge >= 0.3 is 0 Å². The summed E-state index contributed by atoms with van der Waals surface area (Å²) in [5.74, 6) is 1.16. The molecule has 1 amide bonds. The molecule has 2 atom stereocenters. The van der Waals surface area contributed by atoms with Crippen molar-refractivity contribution in [3.05, 3.63) is 29.3 Å². The first-order valence-electron chi connectivity index (χ1n) is 9.84. The van der Waals surface area contributed by atoms with Gasteiger partial charge in [0, 0.05) is 37.1 Å². The Kier molecular flexibility index (Phi) is 7.46. The molecule has 1 fully saturated rings.